The second kappa shape index (κ2) is 9.84. The Balaban J connectivity index is 0.00000400. The summed E-state index contributed by atoms with van der Waals surface area (Å²) in [5, 5.41) is 6.74. The van der Waals surface area contributed by atoms with Gasteiger partial charge in [-0.25, -0.2) is 0 Å². The third-order valence-corrected chi connectivity index (χ3v) is 3.94. The molecular weight excluding hydrogens is 381 g/mol. The number of rotatable bonds is 9. The molecule has 1 aliphatic carbocycles. The Labute approximate surface area is 146 Å². The fraction of sp³-hybridized carbons (Fsp3) is 0.933. The lowest BCUT2D eigenvalue weighted by molar-refractivity contribution is 0.0310. The lowest BCUT2D eigenvalue weighted by Crippen LogP contribution is -2.41. The molecule has 1 rings (SSSR count). The molecule has 0 atom stereocenters. The minimum atomic E-state index is -0.227. The van der Waals surface area contributed by atoms with E-state index in [1.54, 1.807) is 14.2 Å². The second-order valence-corrected chi connectivity index (χ2v) is 6.26. The molecule has 0 radical (unpaired) electrons. The van der Waals surface area contributed by atoms with E-state index in [4.69, 9.17) is 9.47 Å². The van der Waals surface area contributed by atoms with Gasteiger partial charge in [0.2, 0.25) is 0 Å². The highest BCUT2D eigenvalue weighted by Gasteiger charge is 2.41. The first kappa shape index (κ1) is 20.9. The van der Waals surface area contributed by atoms with Crippen LogP contribution in [0.1, 0.15) is 40.0 Å². The number of ether oxygens (including phenoxy) is 2. The number of aliphatic imine (C=N–C) groups is 1. The molecule has 0 bridgehead atoms. The first-order valence-electron chi connectivity index (χ1n) is 7.53. The molecule has 5 nitrogen and oxygen atoms in total. The Morgan fingerprint density at radius 3 is 2.38 bits per heavy atom. The SMILES string of the molecule is CCNC(=NCC(C)(C)OC)NCC1(CCOC)CC1.I. The van der Waals surface area contributed by atoms with Crippen LogP contribution in [0.25, 0.3) is 0 Å². The molecule has 0 aromatic carbocycles. The summed E-state index contributed by atoms with van der Waals surface area (Å²) >= 11 is 0. The van der Waals surface area contributed by atoms with Gasteiger partial charge in [-0.05, 0) is 45.4 Å². The van der Waals surface area contributed by atoms with Crippen molar-refractivity contribution in [2.24, 2.45) is 10.4 Å². The van der Waals surface area contributed by atoms with E-state index in [9.17, 15) is 0 Å². The van der Waals surface area contributed by atoms with E-state index in [0.717, 1.165) is 32.1 Å². The van der Waals surface area contributed by atoms with Crippen molar-refractivity contribution in [3.05, 3.63) is 0 Å². The molecule has 0 spiro atoms. The highest BCUT2D eigenvalue weighted by atomic mass is 127. The molecule has 0 saturated heterocycles. The van der Waals surface area contributed by atoms with E-state index < -0.39 is 0 Å². The third-order valence-electron chi connectivity index (χ3n) is 3.94. The zero-order chi connectivity index (χ0) is 15.1. The van der Waals surface area contributed by atoms with Crippen molar-refractivity contribution in [2.45, 2.75) is 45.6 Å². The molecule has 1 fully saturated rings. The fourth-order valence-corrected chi connectivity index (χ4v) is 1.96. The minimum absolute atomic E-state index is 0. The zero-order valence-electron chi connectivity index (χ0n) is 14.1. The highest BCUT2D eigenvalue weighted by Crippen LogP contribution is 2.48. The van der Waals surface area contributed by atoms with Crippen molar-refractivity contribution >= 4 is 29.9 Å². The average Bonchev–Trinajstić information content (AvgIpc) is 3.20. The van der Waals surface area contributed by atoms with Gasteiger partial charge in [0.15, 0.2) is 5.96 Å². The molecule has 0 unspecified atom stereocenters. The monoisotopic (exact) mass is 413 g/mol. The van der Waals surface area contributed by atoms with Gasteiger partial charge in [-0.3, -0.25) is 4.99 Å². The quantitative estimate of drug-likeness (QED) is 0.346. The molecule has 2 N–H and O–H groups in total. The van der Waals surface area contributed by atoms with Gasteiger partial charge >= 0.3 is 0 Å². The predicted molar refractivity (Wildman–Crippen MR) is 98.6 cm³/mol. The zero-order valence-corrected chi connectivity index (χ0v) is 16.5. The number of guanidine groups is 1. The van der Waals surface area contributed by atoms with Crippen molar-refractivity contribution < 1.29 is 9.47 Å². The first-order chi connectivity index (χ1) is 9.47. The van der Waals surface area contributed by atoms with Gasteiger partial charge in [0.05, 0.1) is 12.1 Å². The fourth-order valence-electron chi connectivity index (χ4n) is 1.96. The number of nitrogens with zero attached hydrogens (tertiary/aromatic N) is 1. The average molecular weight is 413 g/mol. The predicted octanol–water partition coefficient (Wildman–Crippen LogP) is 2.40. The van der Waals surface area contributed by atoms with Crippen LogP contribution in [0.2, 0.25) is 0 Å². The highest BCUT2D eigenvalue weighted by molar-refractivity contribution is 14.0. The summed E-state index contributed by atoms with van der Waals surface area (Å²) in [6.45, 7) is 9.48. The molecule has 0 aromatic rings. The van der Waals surface area contributed by atoms with E-state index in [0.29, 0.717) is 12.0 Å². The Kier molecular flexibility index (Phi) is 9.80. The van der Waals surface area contributed by atoms with Gasteiger partial charge in [-0.1, -0.05) is 0 Å². The molecule has 0 aromatic heterocycles. The smallest absolute Gasteiger partial charge is 0.191 e. The molecule has 6 heteroatoms. The topological polar surface area (TPSA) is 54.9 Å². The number of halogens is 1. The largest absolute Gasteiger partial charge is 0.385 e. The van der Waals surface area contributed by atoms with Crippen LogP contribution in [-0.2, 0) is 9.47 Å². The van der Waals surface area contributed by atoms with Crippen LogP contribution in [0, 0.1) is 5.41 Å². The molecule has 1 saturated carbocycles. The van der Waals surface area contributed by atoms with E-state index in [1.165, 1.54) is 12.8 Å². The molecule has 21 heavy (non-hydrogen) atoms. The lowest BCUT2D eigenvalue weighted by Gasteiger charge is -2.22. The van der Waals surface area contributed by atoms with E-state index >= 15 is 0 Å². The maximum Gasteiger partial charge on any atom is 0.191 e. The summed E-state index contributed by atoms with van der Waals surface area (Å²) in [6.07, 6.45) is 3.69. The van der Waals surface area contributed by atoms with Crippen LogP contribution in [-0.4, -0.2) is 52.0 Å². The number of hydrogen-bond acceptors (Lipinski definition) is 3. The van der Waals surface area contributed by atoms with Crippen LogP contribution in [0.15, 0.2) is 4.99 Å². The van der Waals surface area contributed by atoms with E-state index in [-0.39, 0.29) is 29.6 Å². The molecule has 1 aliphatic rings. The van der Waals surface area contributed by atoms with Crippen molar-refractivity contribution in [1.82, 2.24) is 10.6 Å². The van der Waals surface area contributed by atoms with Gasteiger partial charge in [-0.2, -0.15) is 0 Å². The Bertz CT molecular complexity index is 318. The summed E-state index contributed by atoms with van der Waals surface area (Å²) in [5.41, 5.74) is 0.193. The van der Waals surface area contributed by atoms with Crippen molar-refractivity contribution in [2.75, 3.05) is 40.5 Å². The molecule has 0 aliphatic heterocycles. The third kappa shape index (κ3) is 8.21. The van der Waals surface area contributed by atoms with Crippen molar-refractivity contribution in [3.8, 4) is 0 Å². The summed E-state index contributed by atoms with van der Waals surface area (Å²) < 4.78 is 10.6. The number of nitrogens with one attached hydrogen (secondary N) is 2. The maximum atomic E-state index is 5.40. The van der Waals surface area contributed by atoms with E-state index in [2.05, 4.69) is 22.5 Å². The number of hydrogen-bond donors (Lipinski definition) is 2. The Morgan fingerprint density at radius 2 is 1.90 bits per heavy atom. The Hall–Kier alpha value is -0.0800. The van der Waals surface area contributed by atoms with Crippen LogP contribution in [0.3, 0.4) is 0 Å². The van der Waals surface area contributed by atoms with Crippen LogP contribution >= 0.6 is 24.0 Å². The van der Waals surface area contributed by atoms with Crippen LogP contribution in [0.5, 0.6) is 0 Å². The van der Waals surface area contributed by atoms with Crippen molar-refractivity contribution in [3.63, 3.8) is 0 Å². The number of methoxy groups -OCH3 is 2. The normalized spacial score (nSPS) is 17.1. The molecule has 126 valence electrons. The van der Waals surface area contributed by atoms with Crippen molar-refractivity contribution in [1.29, 1.82) is 0 Å². The lowest BCUT2D eigenvalue weighted by atomic mass is 10.0. The van der Waals surface area contributed by atoms with Gasteiger partial charge in [0, 0.05) is 33.9 Å². The molecule has 0 amide bonds. The molecule has 0 heterocycles. The van der Waals surface area contributed by atoms with Gasteiger partial charge in [0.25, 0.3) is 0 Å². The summed E-state index contributed by atoms with van der Waals surface area (Å²) in [7, 11) is 3.49. The van der Waals surface area contributed by atoms with E-state index in [1.807, 2.05) is 13.8 Å². The van der Waals surface area contributed by atoms with Gasteiger partial charge in [-0.15, -0.1) is 24.0 Å². The first-order valence-corrected chi connectivity index (χ1v) is 7.53. The summed E-state index contributed by atoms with van der Waals surface area (Å²) in [5.74, 6) is 0.876. The second-order valence-electron chi connectivity index (χ2n) is 6.26. The van der Waals surface area contributed by atoms with Crippen LogP contribution in [0.4, 0.5) is 0 Å². The summed E-state index contributed by atoms with van der Waals surface area (Å²) in [4.78, 5) is 4.61. The standard InChI is InChI=1S/C15H31N3O2.HI/c1-6-16-13(17-11-14(2,3)20-5)18-12-15(7-8-15)9-10-19-4;/h6-12H2,1-5H3,(H2,16,17,18);1H. The van der Waals surface area contributed by atoms with Gasteiger partial charge < -0.3 is 20.1 Å². The molecular formula is C15H32IN3O2. The van der Waals surface area contributed by atoms with Crippen LogP contribution < -0.4 is 10.6 Å². The Morgan fingerprint density at radius 1 is 1.24 bits per heavy atom. The maximum absolute atomic E-state index is 5.40. The van der Waals surface area contributed by atoms with Gasteiger partial charge in [0.1, 0.15) is 0 Å². The minimum Gasteiger partial charge on any atom is -0.385 e. The summed E-state index contributed by atoms with van der Waals surface area (Å²) in [6, 6.07) is 0.